The second kappa shape index (κ2) is 6.20. The standard InChI is InChI=1S/C16H25N/c1-3-14-4-6-15(7-5-14)8-9-16-10-12-17(2)13-11-16/h4-7,16H,3,8-13H2,1-2H3. The lowest BCUT2D eigenvalue weighted by Gasteiger charge is -2.28. The Bertz CT molecular complexity index is 320. The molecular weight excluding hydrogens is 206 g/mol. The van der Waals surface area contributed by atoms with E-state index in [9.17, 15) is 0 Å². The van der Waals surface area contributed by atoms with E-state index in [0.717, 1.165) is 12.3 Å². The summed E-state index contributed by atoms with van der Waals surface area (Å²) < 4.78 is 0. The van der Waals surface area contributed by atoms with Crippen LogP contribution in [0.3, 0.4) is 0 Å². The fourth-order valence-corrected chi connectivity index (χ4v) is 2.66. The summed E-state index contributed by atoms with van der Waals surface area (Å²) in [6.45, 7) is 4.80. The minimum absolute atomic E-state index is 0.956. The zero-order chi connectivity index (χ0) is 12.1. The molecule has 0 N–H and O–H groups in total. The Labute approximate surface area is 106 Å². The molecule has 0 aromatic heterocycles. The number of hydrogen-bond donors (Lipinski definition) is 0. The van der Waals surface area contributed by atoms with Crippen molar-refractivity contribution < 1.29 is 0 Å². The number of likely N-dealkylation sites (tertiary alicyclic amines) is 1. The van der Waals surface area contributed by atoms with Gasteiger partial charge in [-0.05, 0) is 69.3 Å². The third-order valence-corrected chi connectivity index (χ3v) is 4.11. The van der Waals surface area contributed by atoms with Gasteiger partial charge < -0.3 is 4.90 Å². The van der Waals surface area contributed by atoms with Crippen LogP contribution in [0.15, 0.2) is 24.3 Å². The van der Waals surface area contributed by atoms with Gasteiger partial charge in [-0.1, -0.05) is 31.2 Å². The van der Waals surface area contributed by atoms with Gasteiger partial charge in [-0.2, -0.15) is 0 Å². The summed E-state index contributed by atoms with van der Waals surface area (Å²) in [5.41, 5.74) is 2.97. The van der Waals surface area contributed by atoms with Crippen LogP contribution in [-0.4, -0.2) is 25.0 Å². The van der Waals surface area contributed by atoms with Crippen molar-refractivity contribution in [1.29, 1.82) is 0 Å². The molecule has 0 unspecified atom stereocenters. The summed E-state index contributed by atoms with van der Waals surface area (Å²) in [6.07, 6.45) is 6.57. The predicted octanol–water partition coefficient (Wildman–Crippen LogP) is 3.52. The average molecular weight is 231 g/mol. The van der Waals surface area contributed by atoms with E-state index in [0.29, 0.717) is 0 Å². The van der Waals surface area contributed by atoms with Crippen molar-refractivity contribution in [2.45, 2.75) is 39.0 Å². The fraction of sp³-hybridized carbons (Fsp3) is 0.625. The molecule has 0 spiro atoms. The highest BCUT2D eigenvalue weighted by molar-refractivity contribution is 5.22. The first kappa shape index (κ1) is 12.6. The molecule has 17 heavy (non-hydrogen) atoms. The minimum atomic E-state index is 0.956. The summed E-state index contributed by atoms with van der Waals surface area (Å²) in [4.78, 5) is 2.45. The molecule has 1 aliphatic rings. The van der Waals surface area contributed by atoms with Crippen molar-refractivity contribution in [2.24, 2.45) is 5.92 Å². The van der Waals surface area contributed by atoms with Crippen LogP contribution in [0.25, 0.3) is 0 Å². The van der Waals surface area contributed by atoms with Crippen molar-refractivity contribution in [3.05, 3.63) is 35.4 Å². The number of rotatable bonds is 4. The third kappa shape index (κ3) is 3.85. The van der Waals surface area contributed by atoms with E-state index in [1.165, 1.54) is 49.9 Å². The van der Waals surface area contributed by atoms with E-state index in [2.05, 4.69) is 43.1 Å². The van der Waals surface area contributed by atoms with Gasteiger partial charge in [0.05, 0.1) is 0 Å². The number of aryl methyl sites for hydroxylation is 2. The van der Waals surface area contributed by atoms with Crippen LogP contribution in [-0.2, 0) is 12.8 Å². The highest BCUT2D eigenvalue weighted by atomic mass is 15.1. The largest absolute Gasteiger partial charge is 0.306 e. The zero-order valence-electron chi connectivity index (χ0n) is 11.3. The first-order valence-electron chi connectivity index (χ1n) is 7.04. The maximum absolute atomic E-state index is 2.45. The molecule has 0 bridgehead atoms. The first-order chi connectivity index (χ1) is 8.28. The molecule has 2 rings (SSSR count). The Hall–Kier alpha value is -0.820. The Morgan fingerprint density at radius 1 is 1.06 bits per heavy atom. The van der Waals surface area contributed by atoms with Crippen LogP contribution >= 0.6 is 0 Å². The molecule has 0 saturated carbocycles. The van der Waals surface area contributed by atoms with Crippen LogP contribution in [0.5, 0.6) is 0 Å². The van der Waals surface area contributed by atoms with Gasteiger partial charge in [0.25, 0.3) is 0 Å². The molecule has 1 nitrogen and oxygen atoms in total. The topological polar surface area (TPSA) is 3.24 Å². The van der Waals surface area contributed by atoms with Crippen LogP contribution in [0, 0.1) is 5.92 Å². The van der Waals surface area contributed by atoms with Crippen LogP contribution in [0.4, 0.5) is 0 Å². The number of hydrogen-bond acceptors (Lipinski definition) is 1. The van der Waals surface area contributed by atoms with Crippen molar-refractivity contribution in [3.63, 3.8) is 0 Å². The van der Waals surface area contributed by atoms with Gasteiger partial charge in [0.15, 0.2) is 0 Å². The SMILES string of the molecule is CCc1ccc(CCC2CCN(C)CC2)cc1. The molecule has 0 radical (unpaired) electrons. The van der Waals surface area contributed by atoms with E-state index in [4.69, 9.17) is 0 Å². The zero-order valence-corrected chi connectivity index (χ0v) is 11.3. The van der Waals surface area contributed by atoms with E-state index < -0.39 is 0 Å². The lowest BCUT2D eigenvalue weighted by atomic mass is 9.90. The molecule has 0 aliphatic carbocycles. The van der Waals surface area contributed by atoms with Gasteiger partial charge in [-0.3, -0.25) is 0 Å². The van der Waals surface area contributed by atoms with Gasteiger partial charge in [0.1, 0.15) is 0 Å². The lowest BCUT2D eigenvalue weighted by molar-refractivity contribution is 0.212. The van der Waals surface area contributed by atoms with Crippen molar-refractivity contribution in [3.8, 4) is 0 Å². The summed E-state index contributed by atoms with van der Waals surface area (Å²) in [7, 11) is 2.24. The predicted molar refractivity (Wildman–Crippen MR) is 74.4 cm³/mol. The molecule has 1 saturated heterocycles. The Morgan fingerprint density at radius 2 is 1.65 bits per heavy atom. The van der Waals surface area contributed by atoms with E-state index in [-0.39, 0.29) is 0 Å². The highest BCUT2D eigenvalue weighted by Crippen LogP contribution is 2.21. The average Bonchev–Trinajstić information content (AvgIpc) is 2.39. The summed E-state index contributed by atoms with van der Waals surface area (Å²) in [6, 6.07) is 9.19. The van der Waals surface area contributed by atoms with Crippen molar-refractivity contribution in [1.82, 2.24) is 4.90 Å². The Kier molecular flexibility index (Phi) is 4.61. The van der Waals surface area contributed by atoms with E-state index in [1.807, 2.05) is 0 Å². The molecular formula is C16H25N. The monoisotopic (exact) mass is 231 g/mol. The maximum atomic E-state index is 2.45. The number of piperidine rings is 1. The van der Waals surface area contributed by atoms with Crippen molar-refractivity contribution >= 4 is 0 Å². The minimum Gasteiger partial charge on any atom is -0.306 e. The molecule has 0 amide bonds. The molecule has 0 atom stereocenters. The summed E-state index contributed by atoms with van der Waals surface area (Å²) >= 11 is 0. The molecule has 1 fully saturated rings. The third-order valence-electron chi connectivity index (χ3n) is 4.11. The highest BCUT2D eigenvalue weighted by Gasteiger charge is 2.16. The number of nitrogens with zero attached hydrogens (tertiary/aromatic N) is 1. The van der Waals surface area contributed by atoms with Gasteiger partial charge in [0, 0.05) is 0 Å². The Balaban J connectivity index is 1.77. The van der Waals surface area contributed by atoms with E-state index in [1.54, 1.807) is 0 Å². The molecule has 1 heterocycles. The molecule has 1 aromatic carbocycles. The second-order valence-electron chi connectivity index (χ2n) is 5.46. The lowest BCUT2D eigenvalue weighted by Crippen LogP contribution is -2.30. The van der Waals surface area contributed by atoms with Gasteiger partial charge in [-0.25, -0.2) is 0 Å². The second-order valence-corrected chi connectivity index (χ2v) is 5.46. The van der Waals surface area contributed by atoms with Gasteiger partial charge >= 0.3 is 0 Å². The van der Waals surface area contributed by atoms with Crippen LogP contribution in [0.2, 0.25) is 0 Å². The summed E-state index contributed by atoms with van der Waals surface area (Å²) in [5.74, 6) is 0.956. The maximum Gasteiger partial charge on any atom is -0.00191 e. The fourth-order valence-electron chi connectivity index (χ4n) is 2.66. The molecule has 1 aromatic rings. The normalized spacial score (nSPS) is 18.5. The summed E-state index contributed by atoms with van der Waals surface area (Å²) in [5, 5.41) is 0. The van der Waals surface area contributed by atoms with Gasteiger partial charge in [0.2, 0.25) is 0 Å². The van der Waals surface area contributed by atoms with Gasteiger partial charge in [-0.15, -0.1) is 0 Å². The smallest absolute Gasteiger partial charge is 0.00191 e. The quantitative estimate of drug-likeness (QED) is 0.766. The van der Waals surface area contributed by atoms with Crippen molar-refractivity contribution in [2.75, 3.05) is 20.1 Å². The first-order valence-corrected chi connectivity index (χ1v) is 7.04. The molecule has 1 aliphatic heterocycles. The van der Waals surface area contributed by atoms with Crippen LogP contribution in [0.1, 0.15) is 37.3 Å². The van der Waals surface area contributed by atoms with E-state index >= 15 is 0 Å². The molecule has 94 valence electrons. The number of benzene rings is 1. The molecule has 1 heteroatoms. The Morgan fingerprint density at radius 3 is 2.24 bits per heavy atom. The van der Waals surface area contributed by atoms with Crippen LogP contribution < -0.4 is 0 Å².